The van der Waals surface area contributed by atoms with E-state index in [-0.39, 0.29) is 0 Å². The minimum Gasteiger partial charge on any atom is -0.135 e. The molecule has 0 spiro atoms. The highest BCUT2D eigenvalue weighted by molar-refractivity contribution is 7.10. The number of allylic oxidation sites excluding steroid dienone is 1. The summed E-state index contributed by atoms with van der Waals surface area (Å²) in [6.45, 7) is 0. The molecular weight excluding hydrogens is 272 g/mol. The Hall–Kier alpha value is -2.56. The average Bonchev–Trinajstić information content (AvgIpc) is 3.07. The number of thiophene rings is 1. The molecule has 1 aromatic heterocycles. The summed E-state index contributed by atoms with van der Waals surface area (Å²) in [5, 5.41) is 2.04. The first-order chi connectivity index (χ1) is 10.4. The van der Waals surface area contributed by atoms with Crippen LogP contribution in [0.5, 0.6) is 0 Å². The Balaban J connectivity index is 2.01. The van der Waals surface area contributed by atoms with E-state index in [0.29, 0.717) is 0 Å². The molecule has 3 rings (SSSR count). The van der Waals surface area contributed by atoms with Crippen molar-refractivity contribution in [2.75, 3.05) is 0 Å². The molecule has 0 bridgehead atoms. The summed E-state index contributed by atoms with van der Waals surface area (Å²) in [7, 11) is 0. The minimum atomic E-state index is 1.09. The molecule has 0 amide bonds. The molecular formula is C20H14S. The standard InChI is InChI=1S/C20H14S/c1-3-9-17(10-4-1)20(18-11-5-2-6-12-18)15-7-13-19-14-8-16-21-19/h1-6,8-12,14-16H. The molecule has 100 valence electrons. The molecule has 0 unspecified atom stereocenters. The third-order valence-electron chi connectivity index (χ3n) is 3.10. The van der Waals surface area contributed by atoms with Gasteiger partial charge in [-0.25, -0.2) is 0 Å². The lowest BCUT2D eigenvalue weighted by atomic mass is 9.98. The fourth-order valence-corrected chi connectivity index (χ4v) is 2.68. The molecule has 0 aliphatic heterocycles. The summed E-state index contributed by atoms with van der Waals surface area (Å²) in [5.41, 5.74) is 3.52. The zero-order valence-electron chi connectivity index (χ0n) is 11.5. The topological polar surface area (TPSA) is 0 Å². The summed E-state index contributed by atoms with van der Waals surface area (Å²) in [4.78, 5) is 1.09. The van der Waals surface area contributed by atoms with Crippen LogP contribution in [0.2, 0.25) is 0 Å². The van der Waals surface area contributed by atoms with Crippen molar-refractivity contribution in [2.45, 2.75) is 0 Å². The van der Waals surface area contributed by atoms with Gasteiger partial charge in [0.05, 0.1) is 4.88 Å². The highest BCUT2D eigenvalue weighted by atomic mass is 32.1. The summed E-state index contributed by atoms with van der Waals surface area (Å²) in [6.07, 6.45) is 2.00. The molecule has 0 N–H and O–H groups in total. The lowest BCUT2D eigenvalue weighted by Gasteiger charge is -2.06. The van der Waals surface area contributed by atoms with Gasteiger partial charge in [0.25, 0.3) is 0 Å². The third-order valence-corrected chi connectivity index (χ3v) is 3.89. The molecule has 0 radical (unpaired) electrons. The van der Waals surface area contributed by atoms with Crippen LogP contribution in [0, 0.1) is 11.8 Å². The quantitative estimate of drug-likeness (QED) is 0.566. The molecule has 0 fully saturated rings. The molecule has 2 aromatic carbocycles. The van der Waals surface area contributed by atoms with Crippen LogP contribution < -0.4 is 0 Å². The van der Waals surface area contributed by atoms with E-state index in [2.05, 4.69) is 60.4 Å². The summed E-state index contributed by atoms with van der Waals surface area (Å²) in [6, 6.07) is 24.8. The second-order valence-corrected chi connectivity index (χ2v) is 5.48. The molecule has 0 saturated heterocycles. The van der Waals surface area contributed by atoms with Crippen LogP contribution in [0.1, 0.15) is 16.0 Å². The highest BCUT2D eigenvalue weighted by Crippen LogP contribution is 2.22. The first kappa shape index (κ1) is 13.4. The van der Waals surface area contributed by atoms with Gasteiger partial charge >= 0.3 is 0 Å². The van der Waals surface area contributed by atoms with E-state index in [1.165, 1.54) is 11.1 Å². The number of hydrogen-bond acceptors (Lipinski definition) is 1. The summed E-state index contributed by atoms with van der Waals surface area (Å²) in [5.74, 6) is 6.37. The van der Waals surface area contributed by atoms with E-state index < -0.39 is 0 Å². The molecule has 21 heavy (non-hydrogen) atoms. The lowest BCUT2D eigenvalue weighted by Crippen LogP contribution is -1.86. The monoisotopic (exact) mass is 286 g/mol. The van der Waals surface area contributed by atoms with Gasteiger partial charge in [0.15, 0.2) is 0 Å². The molecule has 3 aromatic rings. The minimum absolute atomic E-state index is 1.09. The van der Waals surface area contributed by atoms with Crippen LogP contribution in [-0.4, -0.2) is 0 Å². The normalized spacial score (nSPS) is 9.52. The van der Waals surface area contributed by atoms with Crippen LogP contribution in [0.4, 0.5) is 0 Å². The van der Waals surface area contributed by atoms with Crippen LogP contribution in [0.25, 0.3) is 5.57 Å². The fourth-order valence-electron chi connectivity index (χ4n) is 2.10. The van der Waals surface area contributed by atoms with Gasteiger partial charge in [0.2, 0.25) is 0 Å². The lowest BCUT2D eigenvalue weighted by molar-refractivity contribution is 1.55. The summed E-state index contributed by atoms with van der Waals surface area (Å²) < 4.78 is 0. The summed E-state index contributed by atoms with van der Waals surface area (Å²) >= 11 is 1.66. The van der Waals surface area contributed by atoms with Gasteiger partial charge in [0.1, 0.15) is 0 Å². The van der Waals surface area contributed by atoms with Crippen molar-refractivity contribution in [1.82, 2.24) is 0 Å². The van der Waals surface area contributed by atoms with Crippen molar-refractivity contribution in [3.63, 3.8) is 0 Å². The third kappa shape index (κ3) is 3.51. The molecule has 1 heteroatoms. The second-order valence-electron chi connectivity index (χ2n) is 4.54. The van der Waals surface area contributed by atoms with Gasteiger partial charge in [0, 0.05) is 0 Å². The van der Waals surface area contributed by atoms with Crippen LogP contribution in [0.15, 0.2) is 84.3 Å². The van der Waals surface area contributed by atoms with Gasteiger partial charge in [-0.15, -0.1) is 11.3 Å². The molecule has 0 atom stereocenters. The van der Waals surface area contributed by atoms with E-state index in [1.807, 2.05) is 35.7 Å². The molecule has 0 saturated carbocycles. The van der Waals surface area contributed by atoms with E-state index in [9.17, 15) is 0 Å². The molecule has 0 aliphatic carbocycles. The van der Waals surface area contributed by atoms with Gasteiger partial charge in [-0.2, -0.15) is 0 Å². The average molecular weight is 286 g/mol. The van der Waals surface area contributed by atoms with Crippen LogP contribution in [0.3, 0.4) is 0 Å². The molecule has 0 nitrogen and oxygen atoms in total. The van der Waals surface area contributed by atoms with Gasteiger partial charge in [-0.05, 0) is 34.2 Å². The van der Waals surface area contributed by atoms with Crippen molar-refractivity contribution in [1.29, 1.82) is 0 Å². The number of hydrogen-bond donors (Lipinski definition) is 0. The Morgan fingerprint density at radius 2 is 1.38 bits per heavy atom. The number of rotatable bonds is 2. The fraction of sp³-hybridized carbons (Fsp3) is 0. The van der Waals surface area contributed by atoms with Crippen molar-refractivity contribution in [3.05, 3.63) is 100 Å². The highest BCUT2D eigenvalue weighted by Gasteiger charge is 2.02. The predicted molar refractivity (Wildman–Crippen MR) is 91.2 cm³/mol. The Morgan fingerprint density at radius 1 is 0.762 bits per heavy atom. The first-order valence-electron chi connectivity index (χ1n) is 6.79. The van der Waals surface area contributed by atoms with Gasteiger partial charge in [-0.1, -0.05) is 78.6 Å². The maximum Gasteiger partial charge on any atom is 0.0771 e. The van der Waals surface area contributed by atoms with Crippen molar-refractivity contribution in [3.8, 4) is 11.8 Å². The van der Waals surface area contributed by atoms with E-state index >= 15 is 0 Å². The van der Waals surface area contributed by atoms with Crippen molar-refractivity contribution < 1.29 is 0 Å². The zero-order valence-corrected chi connectivity index (χ0v) is 12.3. The van der Waals surface area contributed by atoms with E-state index in [1.54, 1.807) is 11.3 Å². The first-order valence-corrected chi connectivity index (χ1v) is 7.67. The molecule has 0 aliphatic rings. The number of benzene rings is 2. The molecule has 1 heterocycles. The Bertz CT molecular complexity index is 729. The van der Waals surface area contributed by atoms with Crippen LogP contribution >= 0.6 is 11.3 Å². The van der Waals surface area contributed by atoms with Crippen molar-refractivity contribution >= 4 is 16.9 Å². The maximum absolute atomic E-state index is 3.19. The Morgan fingerprint density at radius 3 is 1.90 bits per heavy atom. The Kier molecular flexibility index (Phi) is 4.31. The van der Waals surface area contributed by atoms with E-state index in [0.717, 1.165) is 10.5 Å². The maximum atomic E-state index is 3.19. The smallest absolute Gasteiger partial charge is 0.0771 e. The Labute approximate surface area is 129 Å². The van der Waals surface area contributed by atoms with Gasteiger partial charge in [-0.3, -0.25) is 0 Å². The zero-order chi connectivity index (χ0) is 14.3. The second kappa shape index (κ2) is 6.74. The van der Waals surface area contributed by atoms with Gasteiger partial charge < -0.3 is 0 Å². The predicted octanol–water partition coefficient (Wildman–Crippen LogP) is 5.23. The van der Waals surface area contributed by atoms with Crippen molar-refractivity contribution in [2.24, 2.45) is 0 Å². The van der Waals surface area contributed by atoms with E-state index in [4.69, 9.17) is 0 Å². The van der Waals surface area contributed by atoms with Crippen LogP contribution in [-0.2, 0) is 0 Å². The largest absolute Gasteiger partial charge is 0.135 e. The SMILES string of the molecule is C(#Cc1cccs1)C=C(c1ccccc1)c1ccccc1.